The Balaban J connectivity index is 3.33. The molecule has 2 N–H and O–H groups in total. The van der Waals surface area contributed by atoms with Crippen LogP contribution in [0.1, 0.15) is 16.2 Å². The second kappa shape index (κ2) is 2.71. The SMILES string of the molecule is Cn1nnc(C(N)=O)c1C(F)(F)F. The number of hydrogen-bond donors (Lipinski definition) is 1. The maximum absolute atomic E-state index is 12.2. The van der Waals surface area contributed by atoms with E-state index in [0.717, 1.165) is 7.05 Å². The van der Waals surface area contributed by atoms with Crippen LogP contribution in [0.2, 0.25) is 0 Å². The molecule has 0 aliphatic rings. The predicted octanol–water partition coefficient (Wildman–Crippen LogP) is -0.0672. The monoisotopic (exact) mass is 194 g/mol. The van der Waals surface area contributed by atoms with E-state index in [-0.39, 0.29) is 0 Å². The number of halogens is 3. The van der Waals surface area contributed by atoms with Crippen molar-refractivity contribution < 1.29 is 18.0 Å². The van der Waals surface area contributed by atoms with Gasteiger partial charge in [-0.1, -0.05) is 5.21 Å². The number of primary amides is 1. The van der Waals surface area contributed by atoms with Crippen LogP contribution in [0.15, 0.2) is 0 Å². The second-order valence-electron chi connectivity index (χ2n) is 2.27. The van der Waals surface area contributed by atoms with Gasteiger partial charge in [-0.15, -0.1) is 5.10 Å². The average molecular weight is 194 g/mol. The van der Waals surface area contributed by atoms with Crippen molar-refractivity contribution in [1.82, 2.24) is 15.0 Å². The lowest BCUT2D eigenvalue weighted by atomic mass is 10.3. The number of nitrogens with two attached hydrogens (primary N) is 1. The van der Waals surface area contributed by atoms with Gasteiger partial charge in [0.05, 0.1) is 0 Å². The molecule has 1 heterocycles. The molecule has 0 saturated heterocycles. The van der Waals surface area contributed by atoms with E-state index in [1.165, 1.54) is 0 Å². The Morgan fingerprint density at radius 1 is 1.54 bits per heavy atom. The zero-order chi connectivity index (χ0) is 10.2. The fourth-order valence-corrected chi connectivity index (χ4v) is 0.841. The number of amides is 1. The summed E-state index contributed by atoms with van der Waals surface area (Å²) in [5.41, 5.74) is 2.57. The van der Waals surface area contributed by atoms with Gasteiger partial charge in [0.2, 0.25) is 0 Å². The normalized spacial score (nSPS) is 11.7. The van der Waals surface area contributed by atoms with Crippen LogP contribution in [0.4, 0.5) is 13.2 Å². The van der Waals surface area contributed by atoms with Gasteiger partial charge < -0.3 is 5.73 Å². The molecule has 72 valence electrons. The molecule has 0 unspecified atom stereocenters. The van der Waals surface area contributed by atoms with Gasteiger partial charge in [0.15, 0.2) is 11.4 Å². The minimum Gasteiger partial charge on any atom is -0.364 e. The smallest absolute Gasteiger partial charge is 0.364 e. The van der Waals surface area contributed by atoms with E-state index in [9.17, 15) is 18.0 Å². The van der Waals surface area contributed by atoms with Crippen LogP contribution in [0, 0.1) is 0 Å². The molecule has 1 aromatic heterocycles. The average Bonchev–Trinajstić information content (AvgIpc) is 2.28. The first kappa shape index (κ1) is 9.49. The summed E-state index contributed by atoms with van der Waals surface area (Å²) in [6.45, 7) is 0. The standard InChI is InChI=1S/C5H5F3N4O/c1-12-3(5(6,7)8)2(4(9)13)10-11-12/h1H3,(H2,9,13). The molecular formula is C5H5F3N4O. The summed E-state index contributed by atoms with van der Waals surface area (Å²) >= 11 is 0. The molecule has 0 radical (unpaired) electrons. The number of carbonyl (C=O) groups excluding carboxylic acids is 1. The van der Waals surface area contributed by atoms with E-state index in [0.29, 0.717) is 4.68 Å². The van der Waals surface area contributed by atoms with Gasteiger partial charge in [-0.3, -0.25) is 4.79 Å². The zero-order valence-electron chi connectivity index (χ0n) is 6.46. The van der Waals surface area contributed by atoms with Gasteiger partial charge in [-0.05, 0) is 0 Å². The molecule has 1 aromatic rings. The van der Waals surface area contributed by atoms with E-state index < -0.39 is 23.5 Å². The lowest BCUT2D eigenvalue weighted by molar-refractivity contribution is -0.144. The summed E-state index contributed by atoms with van der Waals surface area (Å²) in [6.07, 6.45) is -4.68. The Morgan fingerprint density at radius 2 is 2.08 bits per heavy atom. The minimum atomic E-state index is -4.68. The highest BCUT2D eigenvalue weighted by atomic mass is 19.4. The van der Waals surface area contributed by atoms with Gasteiger partial charge >= 0.3 is 6.18 Å². The molecule has 0 atom stereocenters. The molecule has 0 bridgehead atoms. The van der Waals surface area contributed by atoms with Crippen molar-refractivity contribution in [3.63, 3.8) is 0 Å². The number of alkyl halides is 3. The maximum atomic E-state index is 12.2. The first-order valence-corrected chi connectivity index (χ1v) is 3.10. The Hall–Kier alpha value is -1.60. The number of carbonyl (C=O) groups is 1. The fraction of sp³-hybridized carbons (Fsp3) is 0.400. The summed E-state index contributed by atoms with van der Waals surface area (Å²) in [6, 6.07) is 0. The highest BCUT2D eigenvalue weighted by Crippen LogP contribution is 2.30. The molecule has 0 fully saturated rings. The minimum absolute atomic E-state index is 0.458. The summed E-state index contributed by atoms with van der Waals surface area (Å²) < 4.78 is 37.0. The molecule has 0 aliphatic carbocycles. The lowest BCUT2D eigenvalue weighted by Crippen LogP contribution is -2.20. The molecule has 0 aliphatic heterocycles. The number of rotatable bonds is 1. The van der Waals surface area contributed by atoms with Crippen LogP contribution in [-0.2, 0) is 13.2 Å². The number of aromatic nitrogens is 3. The molecule has 0 saturated carbocycles. The van der Waals surface area contributed by atoms with Crippen molar-refractivity contribution in [2.75, 3.05) is 0 Å². The molecule has 1 amide bonds. The molecule has 8 heteroatoms. The van der Waals surface area contributed by atoms with E-state index in [1.54, 1.807) is 0 Å². The fourth-order valence-electron chi connectivity index (χ4n) is 0.841. The summed E-state index contributed by atoms with van der Waals surface area (Å²) in [5, 5.41) is 6.05. The molecule has 5 nitrogen and oxygen atoms in total. The second-order valence-corrected chi connectivity index (χ2v) is 2.27. The summed E-state index contributed by atoms with van der Waals surface area (Å²) in [7, 11) is 1.03. The Labute approximate surface area is 70.3 Å². The Bertz CT molecular complexity index is 342. The molecule has 1 rings (SSSR count). The van der Waals surface area contributed by atoms with Crippen molar-refractivity contribution >= 4 is 5.91 Å². The third-order valence-corrected chi connectivity index (χ3v) is 1.33. The van der Waals surface area contributed by atoms with Crippen molar-refractivity contribution in [1.29, 1.82) is 0 Å². The number of aryl methyl sites for hydroxylation is 1. The predicted molar refractivity (Wildman–Crippen MR) is 34.5 cm³/mol. The molecule has 13 heavy (non-hydrogen) atoms. The van der Waals surface area contributed by atoms with Crippen molar-refractivity contribution in [2.45, 2.75) is 6.18 Å². The lowest BCUT2D eigenvalue weighted by Gasteiger charge is -2.05. The quantitative estimate of drug-likeness (QED) is 0.680. The number of hydrogen-bond acceptors (Lipinski definition) is 3. The van der Waals surface area contributed by atoms with Crippen LogP contribution in [0.3, 0.4) is 0 Å². The highest BCUT2D eigenvalue weighted by molar-refractivity contribution is 5.91. The van der Waals surface area contributed by atoms with Gasteiger partial charge in [-0.2, -0.15) is 13.2 Å². The summed E-state index contributed by atoms with van der Waals surface area (Å²) in [5.74, 6) is -1.25. The molecule has 0 aromatic carbocycles. The molecular weight excluding hydrogens is 189 g/mol. The Kier molecular flexibility index (Phi) is 1.98. The van der Waals surface area contributed by atoms with Crippen LogP contribution in [-0.4, -0.2) is 20.9 Å². The van der Waals surface area contributed by atoms with E-state index >= 15 is 0 Å². The van der Waals surface area contributed by atoms with Gasteiger partial charge in [-0.25, -0.2) is 4.68 Å². The van der Waals surface area contributed by atoms with Crippen LogP contribution in [0.25, 0.3) is 0 Å². The summed E-state index contributed by atoms with van der Waals surface area (Å²) in [4.78, 5) is 10.5. The van der Waals surface area contributed by atoms with Gasteiger partial charge in [0, 0.05) is 7.05 Å². The Morgan fingerprint density at radius 3 is 2.38 bits per heavy atom. The van der Waals surface area contributed by atoms with Crippen LogP contribution < -0.4 is 5.73 Å². The van der Waals surface area contributed by atoms with Crippen LogP contribution in [0.5, 0.6) is 0 Å². The van der Waals surface area contributed by atoms with Crippen molar-refractivity contribution in [2.24, 2.45) is 12.8 Å². The topological polar surface area (TPSA) is 73.8 Å². The third-order valence-electron chi connectivity index (χ3n) is 1.33. The third kappa shape index (κ3) is 1.60. The first-order chi connectivity index (χ1) is 5.84. The van der Waals surface area contributed by atoms with Crippen molar-refractivity contribution in [3.8, 4) is 0 Å². The van der Waals surface area contributed by atoms with E-state index in [4.69, 9.17) is 0 Å². The first-order valence-electron chi connectivity index (χ1n) is 3.10. The number of nitrogens with zero attached hydrogens (tertiary/aromatic N) is 3. The van der Waals surface area contributed by atoms with Gasteiger partial charge in [0.25, 0.3) is 5.91 Å². The maximum Gasteiger partial charge on any atom is 0.435 e. The zero-order valence-corrected chi connectivity index (χ0v) is 6.46. The highest BCUT2D eigenvalue weighted by Gasteiger charge is 2.40. The van der Waals surface area contributed by atoms with Crippen molar-refractivity contribution in [3.05, 3.63) is 11.4 Å². The van der Waals surface area contributed by atoms with Gasteiger partial charge in [0.1, 0.15) is 0 Å². The van der Waals surface area contributed by atoms with Crippen LogP contribution >= 0.6 is 0 Å². The van der Waals surface area contributed by atoms with E-state index in [2.05, 4.69) is 16.0 Å². The largest absolute Gasteiger partial charge is 0.435 e. The van der Waals surface area contributed by atoms with E-state index in [1.807, 2.05) is 0 Å². The molecule has 0 spiro atoms.